The Morgan fingerprint density at radius 2 is 1.79 bits per heavy atom. The van der Waals surface area contributed by atoms with Gasteiger partial charge in [-0.1, -0.05) is 23.7 Å². The maximum Gasteiger partial charge on any atom is 0.135 e. The van der Waals surface area contributed by atoms with Gasteiger partial charge in [0, 0.05) is 29.2 Å². The summed E-state index contributed by atoms with van der Waals surface area (Å²) < 4.78 is 0. The molecule has 0 saturated heterocycles. The largest absolute Gasteiger partial charge is 0.370 e. The predicted octanol–water partition coefficient (Wildman–Crippen LogP) is 3.77. The highest BCUT2D eigenvalue weighted by atomic mass is 35.5. The summed E-state index contributed by atoms with van der Waals surface area (Å²) >= 11 is 5.89. The zero-order valence-electron chi connectivity index (χ0n) is 11.5. The highest BCUT2D eigenvalue weighted by Gasteiger charge is 2.08. The molecule has 0 amide bonds. The molecule has 0 saturated carbocycles. The number of benzene rings is 1. The maximum absolute atomic E-state index is 5.89. The Balaban J connectivity index is 2.27. The topological polar surface area (TPSA) is 37.8 Å². The van der Waals surface area contributed by atoms with Crippen LogP contribution >= 0.6 is 11.6 Å². The van der Waals surface area contributed by atoms with E-state index in [1.54, 1.807) is 0 Å². The minimum atomic E-state index is 0.719. The molecule has 2 aromatic rings. The molecular weight excluding hydrogens is 258 g/mol. The molecule has 0 aliphatic carbocycles. The minimum Gasteiger partial charge on any atom is -0.370 e. The summed E-state index contributed by atoms with van der Waals surface area (Å²) in [6.45, 7) is 6.98. The van der Waals surface area contributed by atoms with Crippen molar-refractivity contribution in [3.63, 3.8) is 0 Å². The molecule has 0 unspecified atom stereocenters. The van der Waals surface area contributed by atoms with Gasteiger partial charge in [0.15, 0.2) is 0 Å². The second-order valence-corrected chi connectivity index (χ2v) is 4.97. The first-order valence-corrected chi connectivity index (χ1v) is 6.80. The molecule has 3 nitrogen and oxygen atoms in total. The van der Waals surface area contributed by atoms with E-state index in [1.165, 1.54) is 0 Å². The number of rotatable bonds is 4. The first kappa shape index (κ1) is 13.8. The van der Waals surface area contributed by atoms with Gasteiger partial charge in [-0.2, -0.15) is 0 Å². The Hall–Kier alpha value is -1.61. The number of halogens is 1. The summed E-state index contributed by atoms with van der Waals surface area (Å²) in [6, 6.07) is 7.80. The van der Waals surface area contributed by atoms with Gasteiger partial charge in [-0.25, -0.2) is 9.97 Å². The number of aryl methyl sites for hydroxylation is 1. The average Bonchev–Trinajstić information content (AvgIpc) is 2.38. The summed E-state index contributed by atoms with van der Waals surface area (Å²) in [5.74, 6) is 1.76. The molecule has 0 bridgehead atoms. The minimum absolute atomic E-state index is 0.719. The van der Waals surface area contributed by atoms with Crippen LogP contribution in [-0.4, -0.2) is 16.5 Å². The van der Waals surface area contributed by atoms with E-state index in [0.29, 0.717) is 0 Å². The molecule has 0 aliphatic rings. The quantitative estimate of drug-likeness (QED) is 0.923. The molecule has 0 spiro atoms. The summed E-state index contributed by atoms with van der Waals surface area (Å²) in [4.78, 5) is 9.13. The Bertz CT molecular complexity index is 564. The van der Waals surface area contributed by atoms with Gasteiger partial charge in [-0.05, 0) is 38.5 Å². The molecule has 1 aromatic carbocycles. The smallest absolute Gasteiger partial charge is 0.135 e. The molecule has 0 aliphatic heterocycles. The van der Waals surface area contributed by atoms with Gasteiger partial charge in [0.05, 0.1) is 0 Å². The summed E-state index contributed by atoms with van der Waals surface area (Å²) in [5.41, 5.74) is 3.30. The van der Waals surface area contributed by atoms with Gasteiger partial charge in [0.25, 0.3) is 0 Å². The van der Waals surface area contributed by atoms with E-state index in [2.05, 4.69) is 22.2 Å². The second kappa shape index (κ2) is 6.02. The van der Waals surface area contributed by atoms with Crippen molar-refractivity contribution in [2.75, 3.05) is 11.9 Å². The van der Waals surface area contributed by atoms with E-state index in [9.17, 15) is 0 Å². The fourth-order valence-electron chi connectivity index (χ4n) is 1.89. The van der Waals surface area contributed by atoms with Crippen LogP contribution < -0.4 is 5.32 Å². The first-order chi connectivity index (χ1) is 9.10. The van der Waals surface area contributed by atoms with Crippen molar-refractivity contribution in [2.24, 2.45) is 0 Å². The van der Waals surface area contributed by atoms with E-state index >= 15 is 0 Å². The number of anilines is 1. The van der Waals surface area contributed by atoms with E-state index in [-0.39, 0.29) is 0 Å². The van der Waals surface area contributed by atoms with Crippen molar-refractivity contribution in [1.29, 1.82) is 0 Å². The van der Waals surface area contributed by atoms with Crippen LogP contribution in [0.3, 0.4) is 0 Å². The second-order valence-electron chi connectivity index (χ2n) is 4.53. The summed E-state index contributed by atoms with van der Waals surface area (Å²) in [7, 11) is 0. The lowest BCUT2D eigenvalue weighted by Crippen LogP contribution is -2.08. The van der Waals surface area contributed by atoms with Crippen LogP contribution in [-0.2, 0) is 6.42 Å². The highest BCUT2D eigenvalue weighted by molar-refractivity contribution is 6.30. The zero-order chi connectivity index (χ0) is 13.8. The molecule has 0 fully saturated rings. The van der Waals surface area contributed by atoms with Gasteiger partial charge >= 0.3 is 0 Å². The SMILES string of the molecule is CCNc1nc(Cc2ccc(Cl)cc2)nc(C)c1C. The molecule has 4 heteroatoms. The first-order valence-electron chi connectivity index (χ1n) is 6.42. The van der Waals surface area contributed by atoms with Crippen LogP contribution in [0.5, 0.6) is 0 Å². The number of nitrogens with one attached hydrogen (secondary N) is 1. The third-order valence-corrected chi connectivity index (χ3v) is 3.31. The van der Waals surface area contributed by atoms with Crippen molar-refractivity contribution in [2.45, 2.75) is 27.2 Å². The van der Waals surface area contributed by atoms with Crippen LogP contribution in [0.1, 0.15) is 29.6 Å². The fraction of sp³-hybridized carbons (Fsp3) is 0.333. The normalized spacial score (nSPS) is 10.5. The average molecular weight is 276 g/mol. The number of hydrogen-bond donors (Lipinski definition) is 1. The summed E-state index contributed by atoms with van der Waals surface area (Å²) in [5, 5.41) is 4.03. The molecule has 0 atom stereocenters. The van der Waals surface area contributed by atoms with E-state index in [4.69, 9.17) is 11.6 Å². The van der Waals surface area contributed by atoms with Crippen molar-refractivity contribution < 1.29 is 0 Å². The van der Waals surface area contributed by atoms with Crippen LogP contribution in [0.4, 0.5) is 5.82 Å². The Morgan fingerprint density at radius 1 is 1.11 bits per heavy atom. The lowest BCUT2D eigenvalue weighted by atomic mass is 10.1. The maximum atomic E-state index is 5.89. The monoisotopic (exact) mass is 275 g/mol. The fourth-order valence-corrected chi connectivity index (χ4v) is 2.02. The van der Waals surface area contributed by atoms with Crippen LogP contribution in [0.25, 0.3) is 0 Å². The number of hydrogen-bond acceptors (Lipinski definition) is 3. The molecule has 1 heterocycles. The van der Waals surface area contributed by atoms with E-state index in [0.717, 1.165) is 46.5 Å². The molecule has 19 heavy (non-hydrogen) atoms. The molecule has 1 N–H and O–H groups in total. The number of nitrogens with zero attached hydrogens (tertiary/aromatic N) is 2. The van der Waals surface area contributed by atoms with Gasteiger partial charge in [0.1, 0.15) is 11.6 Å². The Kier molecular flexibility index (Phi) is 4.38. The van der Waals surface area contributed by atoms with Crippen molar-refractivity contribution >= 4 is 17.4 Å². The lowest BCUT2D eigenvalue weighted by molar-refractivity contribution is 0.923. The zero-order valence-corrected chi connectivity index (χ0v) is 12.3. The molecular formula is C15H18ClN3. The van der Waals surface area contributed by atoms with Crippen molar-refractivity contribution in [3.05, 3.63) is 51.9 Å². The van der Waals surface area contributed by atoms with Crippen LogP contribution in [0.2, 0.25) is 5.02 Å². The third-order valence-electron chi connectivity index (χ3n) is 3.06. The van der Waals surface area contributed by atoms with Crippen LogP contribution in [0, 0.1) is 13.8 Å². The van der Waals surface area contributed by atoms with Crippen molar-refractivity contribution in [1.82, 2.24) is 9.97 Å². The van der Waals surface area contributed by atoms with Gasteiger partial charge in [-0.15, -0.1) is 0 Å². The standard InChI is InChI=1S/C15H18ClN3/c1-4-17-15-10(2)11(3)18-14(19-15)9-12-5-7-13(16)8-6-12/h5-8H,4,9H2,1-3H3,(H,17,18,19). The molecule has 2 rings (SSSR count). The molecule has 100 valence electrons. The van der Waals surface area contributed by atoms with Crippen LogP contribution in [0.15, 0.2) is 24.3 Å². The van der Waals surface area contributed by atoms with E-state index < -0.39 is 0 Å². The lowest BCUT2D eigenvalue weighted by Gasteiger charge is -2.11. The van der Waals surface area contributed by atoms with E-state index in [1.807, 2.05) is 38.1 Å². The predicted molar refractivity (Wildman–Crippen MR) is 79.9 cm³/mol. The summed E-state index contributed by atoms with van der Waals surface area (Å²) in [6.07, 6.45) is 0.719. The molecule has 1 aromatic heterocycles. The molecule has 0 radical (unpaired) electrons. The van der Waals surface area contributed by atoms with Gasteiger partial charge in [0.2, 0.25) is 0 Å². The third kappa shape index (κ3) is 3.44. The highest BCUT2D eigenvalue weighted by Crippen LogP contribution is 2.17. The Labute approximate surface area is 119 Å². The van der Waals surface area contributed by atoms with Gasteiger partial charge in [-0.3, -0.25) is 0 Å². The van der Waals surface area contributed by atoms with Crippen molar-refractivity contribution in [3.8, 4) is 0 Å². The number of aromatic nitrogens is 2. The Morgan fingerprint density at radius 3 is 2.42 bits per heavy atom. The van der Waals surface area contributed by atoms with Gasteiger partial charge < -0.3 is 5.32 Å².